The standard InChI is InChI=1S/C25H32BrNO2/c1-14(2)17-8-10-18(11-9-17)19-13-29-24-16(4)15(3)23(22(26)21(19)24)27-20(28)12-25(5,6)7/h8-11,14,19H,12-13H2,1-7H3,(H,27,28). The molecule has 0 aliphatic carbocycles. The fraction of sp³-hybridized carbons (Fsp3) is 0.480. The first kappa shape index (κ1) is 21.9. The monoisotopic (exact) mass is 457 g/mol. The molecule has 2 aromatic rings. The molecule has 4 heteroatoms. The Morgan fingerprint density at radius 1 is 1.17 bits per heavy atom. The fourth-order valence-corrected chi connectivity index (χ4v) is 4.75. The quantitative estimate of drug-likeness (QED) is 0.531. The van der Waals surface area contributed by atoms with Crippen LogP contribution in [0.15, 0.2) is 28.7 Å². The van der Waals surface area contributed by atoms with Gasteiger partial charge in [-0.15, -0.1) is 0 Å². The van der Waals surface area contributed by atoms with E-state index in [0.717, 1.165) is 32.6 Å². The third kappa shape index (κ3) is 4.53. The Morgan fingerprint density at radius 2 is 1.79 bits per heavy atom. The van der Waals surface area contributed by atoms with Gasteiger partial charge in [0.05, 0.1) is 12.3 Å². The number of nitrogens with one attached hydrogen (secondary N) is 1. The van der Waals surface area contributed by atoms with Gasteiger partial charge in [-0.1, -0.05) is 58.9 Å². The zero-order valence-electron chi connectivity index (χ0n) is 18.6. The number of carbonyl (C=O) groups excluding carboxylic acids is 1. The number of carbonyl (C=O) groups is 1. The van der Waals surface area contributed by atoms with Crippen molar-refractivity contribution in [1.82, 2.24) is 0 Å². The Labute approximate surface area is 183 Å². The molecule has 1 aliphatic heterocycles. The number of rotatable bonds is 4. The number of hydrogen-bond donors (Lipinski definition) is 1. The van der Waals surface area contributed by atoms with Gasteiger partial charge in [0.2, 0.25) is 5.91 Å². The van der Waals surface area contributed by atoms with Crippen LogP contribution in [0.2, 0.25) is 0 Å². The lowest BCUT2D eigenvalue weighted by Gasteiger charge is -2.21. The molecule has 1 N–H and O–H groups in total. The van der Waals surface area contributed by atoms with Crippen LogP contribution < -0.4 is 10.1 Å². The first-order valence-corrected chi connectivity index (χ1v) is 11.1. The minimum atomic E-state index is -0.0555. The maximum absolute atomic E-state index is 12.6. The molecule has 1 atom stereocenters. The molecule has 1 aliphatic rings. The van der Waals surface area contributed by atoms with E-state index in [2.05, 4.69) is 87.1 Å². The van der Waals surface area contributed by atoms with E-state index in [0.29, 0.717) is 18.9 Å². The molecule has 1 heterocycles. The summed E-state index contributed by atoms with van der Waals surface area (Å²) in [6.07, 6.45) is 0.478. The Hall–Kier alpha value is -1.81. The van der Waals surface area contributed by atoms with Crippen molar-refractivity contribution < 1.29 is 9.53 Å². The fourth-order valence-electron chi connectivity index (χ4n) is 3.90. The van der Waals surface area contributed by atoms with E-state index < -0.39 is 0 Å². The van der Waals surface area contributed by atoms with Crippen molar-refractivity contribution in [2.45, 2.75) is 66.7 Å². The number of ether oxygens (including phenoxy) is 1. The summed E-state index contributed by atoms with van der Waals surface area (Å²) in [5.41, 5.74) is 6.66. The van der Waals surface area contributed by atoms with Crippen LogP contribution >= 0.6 is 15.9 Å². The van der Waals surface area contributed by atoms with Gasteiger partial charge >= 0.3 is 0 Å². The van der Waals surface area contributed by atoms with Crippen LogP contribution in [0.3, 0.4) is 0 Å². The second-order valence-electron chi connectivity index (χ2n) is 9.65. The number of fused-ring (bicyclic) bond motifs is 1. The van der Waals surface area contributed by atoms with Crippen molar-refractivity contribution in [2.75, 3.05) is 11.9 Å². The molecule has 0 aromatic heterocycles. The van der Waals surface area contributed by atoms with Gasteiger partial charge in [0, 0.05) is 22.4 Å². The highest BCUT2D eigenvalue weighted by Gasteiger charge is 2.33. The molecule has 1 unspecified atom stereocenters. The summed E-state index contributed by atoms with van der Waals surface area (Å²) >= 11 is 3.81. The van der Waals surface area contributed by atoms with Crippen LogP contribution in [-0.4, -0.2) is 12.5 Å². The summed E-state index contributed by atoms with van der Waals surface area (Å²) in [5, 5.41) is 3.16. The molecule has 0 radical (unpaired) electrons. The highest BCUT2D eigenvalue weighted by molar-refractivity contribution is 9.10. The van der Waals surface area contributed by atoms with Gasteiger partial charge in [0.1, 0.15) is 5.75 Å². The third-order valence-corrected chi connectivity index (χ3v) is 6.51. The molecular formula is C25H32BrNO2. The van der Waals surface area contributed by atoms with Crippen LogP contribution in [0.1, 0.15) is 80.7 Å². The molecule has 1 amide bonds. The normalized spacial score (nSPS) is 16.0. The van der Waals surface area contributed by atoms with Crippen molar-refractivity contribution in [3.63, 3.8) is 0 Å². The van der Waals surface area contributed by atoms with Crippen molar-refractivity contribution in [2.24, 2.45) is 5.41 Å². The average Bonchev–Trinajstić information content (AvgIpc) is 3.07. The van der Waals surface area contributed by atoms with Crippen LogP contribution in [0.25, 0.3) is 0 Å². The Kier molecular flexibility index (Phi) is 6.14. The van der Waals surface area contributed by atoms with Gasteiger partial charge in [-0.05, 0) is 63.4 Å². The third-order valence-electron chi connectivity index (χ3n) is 5.68. The van der Waals surface area contributed by atoms with E-state index in [1.807, 2.05) is 6.92 Å². The summed E-state index contributed by atoms with van der Waals surface area (Å²) in [7, 11) is 0. The Morgan fingerprint density at radius 3 is 2.34 bits per heavy atom. The molecule has 3 rings (SSSR count). The Balaban J connectivity index is 2.00. The summed E-state index contributed by atoms with van der Waals surface area (Å²) in [4.78, 5) is 12.6. The predicted octanol–water partition coefficient (Wildman–Crippen LogP) is 7.09. The Bertz CT molecular complexity index is 924. The zero-order valence-corrected chi connectivity index (χ0v) is 20.2. The molecule has 2 aromatic carbocycles. The largest absolute Gasteiger partial charge is 0.492 e. The van der Waals surface area contributed by atoms with Crippen molar-refractivity contribution in [3.05, 3.63) is 56.6 Å². The maximum atomic E-state index is 12.6. The molecule has 3 nitrogen and oxygen atoms in total. The lowest BCUT2D eigenvalue weighted by atomic mass is 9.88. The van der Waals surface area contributed by atoms with Crippen molar-refractivity contribution in [3.8, 4) is 5.75 Å². The predicted molar refractivity (Wildman–Crippen MR) is 124 cm³/mol. The van der Waals surface area contributed by atoms with Gasteiger partial charge in [0.25, 0.3) is 0 Å². The number of anilines is 1. The van der Waals surface area contributed by atoms with Crippen molar-refractivity contribution >= 4 is 27.5 Å². The first-order valence-electron chi connectivity index (χ1n) is 10.3. The minimum absolute atomic E-state index is 0.0393. The number of amides is 1. The van der Waals surface area contributed by atoms with E-state index in [9.17, 15) is 4.79 Å². The lowest BCUT2D eigenvalue weighted by molar-refractivity contribution is -0.117. The summed E-state index contributed by atoms with van der Waals surface area (Å²) in [6, 6.07) is 8.83. The average molecular weight is 458 g/mol. The van der Waals surface area contributed by atoms with Gasteiger partial charge < -0.3 is 10.1 Å². The minimum Gasteiger partial charge on any atom is -0.492 e. The molecule has 0 fully saturated rings. The first-order chi connectivity index (χ1) is 13.5. The maximum Gasteiger partial charge on any atom is 0.224 e. The second-order valence-corrected chi connectivity index (χ2v) is 10.4. The topological polar surface area (TPSA) is 38.3 Å². The molecule has 0 bridgehead atoms. The summed E-state index contributed by atoms with van der Waals surface area (Å²) in [5.74, 6) is 1.65. The van der Waals surface area contributed by atoms with Gasteiger partial charge in [-0.25, -0.2) is 0 Å². The van der Waals surface area contributed by atoms with Crippen LogP contribution in [0.4, 0.5) is 5.69 Å². The summed E-state index contributed by atoms with van der Waals surface area (Å²) < 4.78 is 7.07. The molecule has 0 saturated heterocycles. The number of hydrogen-bond acceptors (Lipinski definition) is 2. The molecule has 0 saturated carbocycles. The van der Waals surface area contributed by atoms with E-state index in [1.165, 1.54) is 11.1 Å². The van der Waals surface area contributed by atoms with Crippen molar-refractivity contribution in [1.29, 1.82) is 0 Å². The molecule has 0 spiro atoms. The molecular weight excluding hydrogens is 426 g/mol. The van der Waals surface area contributed by atoms with E-state index >= 15 is 0 Å². The smallest absolute Gasteiger partial charge is 0.224 e. The second kappa shape index (κ2) is 8.14. The zero-order chi connectivity index (χ0) is 21.5. The molecule has 156 valence electrons. The van der Waals surface area contributed by atoms with Crippen LogP contribution in [-0.2, 0) is 4.79 Å². The molecule has 29 heavy (non-hydrogen) atoms. The number of halogens is 1. The summed E-state index contributed by atoms with van der Waals surface area (Å²) in [6.45, 7) is 15.4. The van der Waals surface area contributed by atoms with Crippen LogP contribution in [0.5, 0.6) is 5.75 Å². The van der Waals surface area contributed by atoms with Crippen LogP contribution in [0, 0.1) is 19.3 Å². The van der Waals surface area contributed by atoms with Gasteiger partial charge in [-0.3, -0.25) is 4.79 Å². The van der Waals surface area contributed by atoms with Gasteiger partial charge in [-0.2, -0.15) is 0 Å². The lowest BCUT2D eigenvalue weighted by Crippen LogP contribution is -2.20. The van der Waals surface area contributed by atoms with E-state index in [4.69, 9.17) is 4.74 Å². The van der Waals surface area contributed by atoms with Gasteiger partial charge in [0.15, 0.2) is 0 Å². The number of benzene rings is 2. The highest BCUT2D eigenvalue weighted by atomic mass is 79.9. The van der Waals surface area contributed by atoms with E-state index in [1.54, 1.807) is 0 Å². The van der Waals surface area contributed by atoms with E-state index in [-0.39, 0.29) is 17.2 Å². The SMILES string of the molecule is Cc1c(C)c2c(c(Br)c1NC(=O)CC(C)(C)C)C(c1ccc(C(C)C)cc1)CO2. The highest BCUT2D eigenvalue weighted by Crippen LogP contribution is 2.49.